The van der Waals surface area contributed by atoms with E-state index in [9.17, 15) is 9.59 Å². The number of carboxylic acids is 1. The molecule has 0 aliphatic rings. The smallest absolute Gasteiger partial charge is 0.304 e. The van der Waals surface area contributed by atoms with Crippen LogP contribution >= 0.6 is 43.2 Å². The first kappa shape index (κ1) is 12.9. The van der Waals surface area contributed by atoms with E-state index in [0.717, 1.165) is 8.66 Å². The maximum atomic E-state index is 11.8. The van der Waals surface area contributed by atoms with Crippen LogP contribution in [-0.2, 0) is 4.79 Å². The number of Topliss-reactive ketones (excluding diaryl/α,β-unsaturated/α-hetero) is 1. The van der Waals surface area contributed by atoms with Crippen LogP contribution in [0.2, 0.25) is 0 Å². The van der Waals surface area contributed by atoms with Gasteiger partial charge < -0.3 is 5.11 Å². The number of carboxylic acid groups (broad SMARTS) is 1. The number of hydrogen-bond donors (Lipinski definition) is 1. The summed E-state index contributed by atoms with van der Waals surface area (Å²) in [6.45, 7) is 1.84. The van der Waals surface area contributed by atoms with Crippen LogP contribution in [0.3, 0.4) is 0 Å². The van der Waals surface area contributed by atoms with Crippen LogP contribution in [0.5, 0.6) is 0 Å². The van der Waals surface area contributed by atoms with E-state index in [1.165, 1.54) is 11.3 Å². The van der Waals surface area contributed by atoms with Crippen LogP contribution < -0.4 is 0 Å². The van der Waals surface area contributed by atoms with Gasteiger partial charge in [0.15, 0.2) is 5.78 Å². The van der Waals surface area contributed by atoms with Crippen molar-refractivity contribution < 1.29 is 14.7 Å². The molecule has 0 radical (unpaired) electrons. The number of thiophene rings is 1. The second-order valence-electron chi connectivity index (χ2n) is 2.95. The molecule has 0 amide bonds. The first-order valence-corrected chi connectivity index (χ1v) is 6.60. The van der Waals surface area contributed by atoms with Gasteiger partial charge in [0.05, 0.1) is 15.0 Å². The molecule has 1 rings (SSSR count). The molecule has 15 heavy (non-hydrogen) atoms. The first-order chi connectivity index (χ1) is 6.91. The fraction of sp³-hybridized carbons (Fsp3) is 0.333. The van der Waals surface area contributed by atoms with Crippen molar-refractivity contribution in [3.05, 3.63) is 20.3 Å². The Labute approximate surface area is 108 Å². The third-order valence-electron chi connectivity index (χ3n) is 1.79. The first-order valence-electron chi connectivity index (χ1n) is 4.08. The highest BCUT2D eigenvalue weighted by atomic mass is 79.9. The molecule has 1 atom stereocenters. The summed E-state index contributed by atoms with van der Waals surface area (Å²) in [6.07, 6.45) is -0.203. The number of rotatable bonds is 4. The number of carbonyl (C=O) groups is 2. The number of aliphatic carboxylic acids is 1. The molecule has 6 heteroatoms. The van der Waals surface area contributed by atoms with Crippen LogP contribution in [0.1, 0.15) is 21.7 Å². The molecule has 0 aliphatic heterocycles. The summed E-state index contributed by atoms with van der Waals surface area (Å²) in [5.74, 6) is -1.17. The second kappa shape index (κ2) is 5.23. The quantitative estimate of drug-likeness (QED) is 0.666. The SMILES string of the molecule is Cc1sc(Br)cc1C(=O)C(Br)CC(=O)O. The zero-order valence-corrected chi connectivity index (χ0v) is 11.8. The minimum atomic E-state index is -0.989. The van der Waals surface area contributed by atoms with E-state index in [1.54, 1.807) is 6.07 Å². The van der Waals surface area contributed by atoms with E-state index in [0.29, 0.717) is 5.56 Å². The van der Waals surface area contributed by atoms with Gasteiger partial charge in [0.2, 0.25) is 0 Å². The fourth-order valence-electron chi connectivity index (χ4n) is 1.11. The van der Waals surface area contributed by atoms with Crippen molar-refractivity contribution in [1.29, 1.82) is 0 Å². The maximum absolute atomic E-state index is 11.8. The molecule has 1 N–H and O–H groups in total. The van der Waals surface area contributed by atoms with Crippen LogP contribution in [0.4, 0.5) is 0 Å². The lowest BCUT2D eigenvalue weighted by Crippen LogP contribution is -2.18. The Morgan fingerprint density at radius 2 is 2.20 bits per heavy atom. The molecule has 0 spiro atoms. The van der Waals surface area contributed by atoms with Gasteiger partial charge >= 0.3 is 5.97 Å². The van der Waals surface area contributed by atoms with E-state index in [-0.39, 0.29) is 12.2 Å². The fourth-order valence-corrected chi connectivity index (χ4v) is 3.32. The van der Waals surface area contributed by atoms with Crippen molar-refractivity contribution in [1.82, 2.24) is 0 Å². The van der Waals surface area contributed by atoms with E-state index in [1.807, 2.05) is 6.92 Å². The van der Waals surface area contributed by atoms with Crippen molar-refractivity contribution >= 4 is 54.9 Å². The maximum Gasteiger partial charge on any atom is 0.304 e. The molecule has 0 aliphatic carbocycles. The molecular formula is C9H8Br2O3S. The topological polar surface area (TPSA) is 54.4 Å². The average molecular weight is 356 g/mol. The van der Waals surface area contributed by atoms with Crippen LogP contribution in [0, 0.1) is 6.92 Å². The molecule has 1 aromatic rings. The summed E-state index contributed by atoms with van der Waals surface area (Å²) in [6, 6.07) is 1.72. The summed E-state index contributed by atoms with van der Waals surface area (Å²) < 4.78 is 0.873. The Balaban J connectivity index is 2.84. The predicted octanol–water partition coefficient (Wildman–Crippen LogP) is 3.24. The monoisotopic (exact) mass is 354 g/mol. The third-order valence-corrected chi connectivity index (χ3v) is 4.08. The summed E-state index contributed by atoms with van der Waals surface area (Å²) in [5, 5.41) is 8.57. The third kappa shape index (κ3) is 3.39. The van der Waals surface area contributed by atoms with Gasteiger partial charge in [-0.1, -0.05) is 15.9 Å². The molecule has 3 nitrogen and oxygen atoms in total. The van der Waals surface area contributed by atoms with Crippen molar-refractivity contribution in [3.63, 3.8) is 0 Å². The zero-order chi connectivity index (χ0) is 11.6. The highest BCUT2D eigenvalue weighted by molar-refractivity contribution is 9.11. The molecule has 0 bridgehead atoms. The second-order valence-corrected chi connectivity index (χ2v) is 6.69. The van der Waals surface area contributed by atoms with Gasteiger partial charge in [0, 0.05) is 10.4 Å². The Hall–Kier alpha value is -0.200. The standard InChI is InChI=1S/C9H8Br2O3S/c1-4-5(2-7(11)15-4)9(14)6(10)3-8(12)13/h2,6H,3H2,1H3,(H,12,13). The van der Waals surface area contributed by atoms with Gasteiger partial charge in [-0.15, -0.1) is 11.3 Å². The van der Waals surface area contributed by atoms with Crippen molar-refractivity contribution in [2.24, 2.45) is 0 Å². The number of hydrogen-bond acceptors (Lipinski definition) is 3. The summed E-state index contributed by atoms with van der Waals surface area (Å²) >= 11 is 7.83. The van der Waals surface area contributed by atoms with Crippen LogP contribution in [0.15, 0.2) is 9.85 Å². The van der Waals surface area contributed by atoms with E-state index >= 15 is 0 Å². The van der Waals surface area contributed by atoms with Gasteiger partial charge in [-0.05, 0) is 28.9 Å². The molecule has 1 unspecified atom stereocenters. The predicted molar refractivity (Wildman–Crippen MR) is 66.1 cm³/mol. The van der Waals surface area contributed by atoms with Gasteiger partial charge in [-0.2, -0.15) is 0 Å². The van der Waals surface area contributed by atoms with Crippen LogP contribution in [0.25, 0.3) is 0 Å². The Kier molecular flexibility index (Phi) is 4.48. The molecule has 82 valence electrons. The lowest BCUT2D eigenvalue weighted by Gasteiger charge is -2.04. The number of carbonyl (C=O) groups excluding carboxylic acids is 1. The van der Waals surface area contributed by atoms with Gasteiger partial charge in [-0.3, -0.25) is 9.59 Å². The van der Waals surface area contributed by atoms with Gasteiger partial charge in [-0.25, -0.2) is 0 Å². The van der Waals surface area contributed by atoms with E-state index < -0.39 is 10.8 Å². The number of alkyl halides is 1. The molecular weight excluding hydrogens is 348 g/mol. The van der Waals surface area contributed by atoms with Crippen molar-refractivity contribution in [2.45, 2.75) is 18.2 Å². The van der Waals surface area contributed by atoms with Crippen molar-refractivity contribution in [2.75, 3.05) is 0 Å². The van der Waals surface area contributed by atoms with E-state index in [4.69, 9.17) is 5.11 Å². The Bertz CT molecular complexity index is 400. The highest BCUT2D eigenvalue weighted by Crippen LogP contribution is 2.28. The molecule has 0 fully saturated rings. The average Bonchev–Trinajstić information content (AvgIpc) is 2.42. The normalized spacial score (nSPS) is 12.5. The number of aryl methyl sites for hydroxylation is 1. The summed E-state index contributed by atoms with van der Waals surface area (Å²) in [5.41, 5.74) is 0.579. The number of ketones is 1. The minimum absolute atomic E-state index is 0.183. The lowest BCUT2D eigenvalue weighted by atomic mass is 10.1. The lowest BCUT2D eigenvalue weighted by molar-refractivity contribution is -0.136. The minimum Gasteiger partial charge on any atom is -0.481 e. The Morgan fingerprint density at radius 1 is 1.60 bits per heavy atom. The summed E-state index contributed by atoms with van der Waals surface area (Å²) in [4.78, 5) is 22.5. The van der Waals surface area contributed by atoms with Gasteiger partial charge in [0.25, 0.3) is 0 Å². The Morgan fingerprint density at radius 3 is 2.60 bits per heavy atom. The molecule has 0 saturated heterocycles. The molecule has 0 aromatic carbocycles. The zero-order valence-electron chi connectivity index (χ0n) is 7.79. The molecule has 1 heterocycles. The highest BCUT2D eigenvalue weighted by Gasteiger charge is 2.22. The molecule has 0 saturated carbocycles. The summed E-state index contributed by atoms with van der Waals surface area (Å²) in [7, 11) is 0. The largest absolute Gasteiger partial charge is 0.481 e. The van der Waals surface area contributed by atoms with E-state index in [2.05, 4.69) is 31.9 Å². The van der Waals surface area contributed by atoms with Crippen LogP contribution in [-0.4, -0.2) is 21.7 Å². The van der Waals surface area contributed by atoms with Crippen molar-refractivity contribution in [3.8, 4) is 0 Å². The molecule has 1 aromatic heterocycles. The van der Waals surface area contributed by atoms with Gasteiger partial charge in [0.1, 0.15) is 0 Å². The number of halogens is 2.